The monoisotopic (exact) mass is 589 g/mol. The summed E-state index contributed by atoms with van der Waals surface area (Å²) in [7, 11) is 1.96. The third kappa shape index (κ3) is 9.26. The molecular formula is C29H28FN7O2S2. The van der Waals surface area contributed by atoms with Crippen LogP contribution in [0.3, 0.4) is 0 Å². The van der Waals surface area contributed by atoms with Crippen molar-refractivity contribution in [3.8, 4) is 5.75 Å². The van der Waals surface area contributed by atoms with E-state index in [0.29, 0.717) is 41.7 Å². The molecule has 0 aliphatic carbocycles. The van der Waals surface area contributed by atoms with E-state index in [4.69, 9.17) is 17.0 Å². The molecule has 4 aromatic rings. The number of halogens is 1. The lowest BCUT2D eigenvalue weighted by Gasteiger charge is -2.19. The highest BCUT2D eigenvalue weighted by atomic mass is 32.2. The van der Waals surface area contributed by atoms with E-state index in [1.807, 2.05) is 54.5 Å². The molecule has 2 heterocycles. The summed E-state index contributed by atoms with van der Waals surface area (Å²) >= 11 is 7.07. The maximum atomic E-state index is 14.4. The van der Waals surface area contributed by atoms with Gasteiger partial charge < -0.3 is 25.6 Å². The number of hydrogen-bond acceptors (Lipinski definition) is 9. The number of nitrogens with zero attached hydrogens (tertiary/aromatic N) is 4. The van der Waals surface area contributed by atoms with Gasteiger partial charge in [0, 0.05) is 48.8 Å². The lowest BCUT2D eigenvalue weighted by atomic mass is 10.2. The van der Waals surface area contributed by atoms with Crippen LogP contribution in [-0.2, 0) is 11.3 Å². The van der Waals surface area contributed by atoms with Crippen LogP contribution in [0, 0.1) is 5.82 Å². The minimum Gasteiger partial charge on any atom is -0.493 e. The zero-order chi connectivity index (χ0) is 29.0. The summed E-state index contributed by atoms with van der Waals surface area (Å²) in [6.45, 7) is 4.62. The number of benzene rings is 2. The predicted molar refractivity (Wildman–Crippen MR) is 167 cm³/mol. The van der Waals surface area contributed by atoms with Gasteiger partial charge in [-0.1, -0.05) is 42.7 Å². The van der Waals surface area contributed by atoms with E-state index in [2.05, 4.69) is 37.5 Å². The van der Waals surface area contributed by atoms with Crippen molar-refractivity contribution in [2.45, 2.75) is 6.54 Å². The highest BCUT2D eigenvalue weighted by Crippen LogP contribution is 2.24. The van der Waals surface area contributed by atoms with Crippen molar-refractivity contribution in [3.05, 3.63) is 103 Å². The van der Waals surface area contributed by atoms with Crippen molar-refractivity contribution in [2.24, 2.45) is 0 Å². The number of carbonyl (C=O) groups excluding carboxylic acids is 1. The summed E-state index contributed by atoms with van der Waals surface area (Å²) in [5.41, 5.74) is 2.87. The zero-order valence-electron chi connectivity index (χ0n) is 22.2. The van der Waals surface area contributed by atoms with E-state index in [9.17, 15) is 9.18 Å². The number of thioether (sulfide) groups is 1. The fraction of sp³-hybridized carbons (Fsp3) is 0.138. The first-order valence-electron chi connectivity index (χ1n) is 12.5. The standard InChI is InChI=1S/C29H28FN7O2S2/c1-3-26(38)33-22-7-4-8-23(16-22)34-27-25(30)18-32-28(36-27)35-21-9-11-24(12-10-21)39-14-15-41-29(40)37(2)19-20-6-5-13-31-17-20/h3-13,16-18H,1,14-15,19H2,2H3,(H,33,38)(H2,32,34,35,36). The first-order chi connectivity index (χ1) is 19.9. The molecule has 3 N–H and O–H groups in total. The maximum absolute atomic E-state index is 14.4. The lowest BCUT2D eigenvalue weighted by Crippen LogP contribution is -2.22. The number of rotatable bonds is 12. The van der Waals surface area contributed by atoms with Crippen molar-refractivity contribution < 1.29 is 13.9 Å². The number of amides is 1. The van der Waals surface area contributed by atoms with Gasteiger partial charge in [0.15, 0.2) is 11.6 Å². The number of thiocarbonyl (C=S) groups is 1. The summed E-state index contributed by atoms with van der Waals surface area (Å²) in [5.74, 6) is 0.632. The third-order valence-electron chi connectivity index (χ3n) is 5.46. The maximum Gasteiger partial charge on any atom is 0.247 e. The average molecular weight is 590 g/mol. The predicted octanol–water partition coefficient (Wildman–Crippen LogP) is 6.15. The van der Waals surface area contributed by atoms with E-state index in [-0.39, 0.29) is 17.7 Å². The van der Waals surface area contributed by atoms with Gasteiger partial charge in [-0.05, 0) is 60.2 Å². The molecule has 4 rings (SSSR count). The Morgan fingerprint density at radius 3 is 2.66 bits per heavy atom. The molecule has 2 aromatic carbocycles. The number of carbonyl (C=O) groups is 1. The second-order valence-corrected chi connectivity index (χ2v) is 10.3. The second kappa shape index (κ2) is 14.7. The molecule has 0 bridgehead atoms. The molecule has 12 heteroatoms. The number of pyridine rings is 1. The Kier molecular flexibility index (Phi) is 10.6. The molecule has 1 amide bonds. The molecule has 41 heavy (non-hydrogen) atoms. The van der Waals surface area contributed by atoms with Gasteiger partial charge in [-0.2, -0.15) is 4.98 Å². The van der Waals surface area contributed by atoms with Crippen LogP contribution in [0.4, 0.5) is 33.2 Å². The van der Waals surface area contributed by atoms with Gasteiger partial charge in [-0.3, -0.25) is 9.78 Å². The van der Waals surface area contributed by atoms with Crippen molar-refractivity contribution in [3.63, 3.8) is 0 Å². The minimum absolute atomic E-state index is 0.0175. The highest BCUT2D eigenvalue weighted by Gasteiger charge is 2.10. The molecule has 9 nitrogen and oxygen atoms in total. The van der Waals surface area contributed by atoms with Crippen LogP contribution in [0.15, 0.2) is 91.9 Å². The third-order valence-corrected chi connectivity index (χ3v) is 7.06. The van der Waals surface area contributed by atoms with E-state index in [0.717, 1.165) is 16.1 Å². The smallest absolute Gasteiger partial charge is 0.247 e. The Bertz CT molecular complexity index is 1490. The van der Waals surface area contributed by atoms with Gasteiger partial charge in [0.2, 0.25) is 11.9 Å². The topological polar surface area (TPSA) is 104 Å². The van der Waals surface area contributed by atoms with E-state index >= 15 is 0 Å². The summed E-state index contributed by atoms with van der Waals surface area (Å²) in [5, 5.41) is 8.63. The number of hydrogen-bond donors (Lipinski definition) is 3. The van der Waals surface area contributed by atoms with Crippen LogP contribution in [0.1, 0.15) is 5.56 Å². The normalized spacial score (nSPS) is 10.4. The van der Waals surface area contributed by atoms with E-state index < -0.39 is 5.82 Å². The van der Waals surface area contributed by atoms with Crippen LogP contribution >= 0.6 is 24.0 Å². The van der Waals surface area contributed by atoms with Crippen LogP contribution in [0.2, 0.25) is 0 Å². The van der Waals surface area contributed by atoms with Gasteiger partial charge >= 0.3 is 0 Å². The summed E-state index contributed by atoms with van der Waals surface area (Å²) < 4.78 is 21.1. The Balaban J connectivity index is 1.25. The molecule has 0 radical (unpaired) electrons. The molecule has 0 aliphatic rings. The first-order valence-corrected chi connectivity index (χ1v) is 13.9. The molecule has 0 saturated carbocycles. The highest BCUT2D eigenvalue weighted by molar-refractivity contribution is 8.22. The minimum atomic E-state index is -0.625. The van der Waals surface area contributed by atoms with Gasteiger partial charge in [-0.15, -0.1) is 0 Å². The second-order valence-electron chi connectivity index (χ2n) is 8.62. The number of nitrogens with one attached hydrogen (secondary N) is 3. The summed E-state index contributed by atoms with van der Waals surface area (Å²) in [4.78, 5) is 26.0. The Labute approximate surface area is 247 Å². The summed E-state index contributed by atoms with van der Waals surface area (Å²) in [6.07, 6.45) is 5.83. The van der Waals surface area contributed by atoms with Crippen molar-refractivity contribution >= 4 is 63.0 Å². The number of anilines is 5. The van der Waals surface area contributed by atoms with Crippen LogP contribution < -0.4 is 20.7 Å². The molecule has 0 spiro atoms. The lowest BCUT2D eigenvalue weighted by molar-refractivity contribution is -0.111. The van der Waals surface area contributed by atoms with Crippen molar-refractivity contribution in [1.82, 2.24) is 19.9 Å². The largest absolute Gasteiger partial charge is 0.493 e. The van der Waals surface area contributed by atoms with Crippen LogP contribution in [-0.4, -0.2) is 49.5 Å². The SMILES string of the molecule is C=CC(=O)Nc1cccc(Nc2nc(Nc3ccc(OCCSC(=S)N(C)Cc4cccnc4)cc3)ncc2F)c1. The Morgan fingerprint density at radius 1 is 1.10 bits per heavy atom. The molecule has 2 aromatic heterocycles. The van der Waals surface area contributed by atoms with Gasteiger partial charge in [0.05, 0.1) is 12.8 Å². The van der Waals surface area contributed by atoms with Crippen LogP contribution in [0.25, 0.3) is 0 Å². The van der Waals surface area contributed by atoms with Gasteiger partial charge in [0.1, 0.15) is 10.1 Å². The fourth-order valence-corrected chi connectivity index (χ4v) is 4.45. The van der Waals surface area contributed by atoms with Crippen molar-refractivity contribution in [1.29, 1.82) is 0 Å². The molecule has 0 fully saturated rings. The zero-order valence-corrected chi connectivity index (χ0v) is 23.8. The fourth-order valence-electron chi connectivity index (χ4n) is 3.51. The quantitative estimate of drug-likeness (QED) is 0.101. The van der Waals surface area contributed by atoms with Gasteiger partial charge in [-0.25, -0.2) is 9.37 Å². The average Bonchev–Trinajstić information content (AvgIpc) is 2.98. The summed E-state index contributed by atoms with van der Waals surface area (Å²) in [6, 6.07) is 18.0. The Hall–Kier alpha value is -4.55. The van der Waals surface area contributed by atoms with E-state index in [1.54, 1.807) is 42.2 Å². The molecule has 0 saturated heterocycles. The van der Waals surface area contributed by atoms with Gasteiger partial charge in [0.25, 0.3) is 0 Å². The molecular weight excluding hydrogens is 561 g/mol. The number of ether oxygens (including phenoxy) is 1. The molecule has 0 unspecified atom stereocenters. The van der Waals surface area contributed by atoms with E-state index in [1.165, 1.54) is 6.08 Å². The molecule has 0 atom stereocenters. The van der Waals surface area contributed by atoms with Crippen molar-refractivity contribution in [2.75, 3.05) is 35.4 Å². The Morgan fingerprint density at radius 2 is 1.90 bits per heavy atom. The first kappa shape index (κ1) is 29.4. The van der Waals surface area contributed by atoms with Crippen LogP contribution in [0.5, 0.6) is 5.75 Å². The molecule has 0 aliphatic heterocycles. The molecule has 210 valence electrons. The number of aromatic nitrogens is 3.